The number of fused-ring (bicyclic) bond motifs is 1. The predicted molar refractivity (Wildman–Crippen MR) is 97.4 cm³/mol. The maximum atomic E-state index is 13.2. The van der Waals surface area contributed by atoms with Gasteiger partial charge in [-0.2, -0.15) is 0 Å². The molecule has 140 valence electrons. The fourth-order valence-corrected chi connectivity index (χ4v) is 4.30. The maximum Gasteiger partial charge on any atom is 0.254 e. The first kappa shape index (κ1) is 17.5. The molecular formula is C20H26N2O4. The van der Waals surface area contributed by atoms with Gasteiger partial charge in [-0.25, -0.2) is 0 Å². The highest BCUT2D eigenvalue weighted by molar-refractivity contribution is 5.98. The van der Waals surface area contributed by atoms with Gasteiger partial charge < -0.3 is 19.3 Å². The average molecular weight is 358 g/mol. The van der Waals surface area contributed by atoms with E-state index in [0.717, 1.165) is 30.5 Å². The van der Waals surface area contributed by atoms with Gasteiger partial charge in [0, 0.05) is 44.3 Å². The summed E-state index contributed by atoms with van der Waals surface area (Å²) in [6.45, 7) is 6.82. The minimum Gasteiger partial charge on any atom is -0.378 e. The van der Waals surface area contributed by atoms with Gasteiger partial charge in [0.15, 0.2) is 0 Å². The first-order chi connectivity index (χ1) is 12.5. The Hall–Kier alpha value is -1.92. The van der Waals surface area contributed by atoms with Crippen LogP contribution in [0.3, 0.4) is 0 Å². The molecule has 2 amide bonds. The van der Waals surface area contributed by atoms with Crippen molar-refractivity contribution in [3.63, 3.8) is 0 Å². The minimum absolute atomic E-state index is 0.0436. The van der Waals surface area contributed by atoms with Crippen LogP contribution in [0.1, 0.15) is 42.6 Å². The highest BCUT2D eigenvalue weighted by Crippen LogP contribution is 2.33. The molecule has 0 N–H and O–H groups in total. The van der Waals surface area contributed by atoms with E-state index >= 15 is 0 Å². The Kier molecular flexibility index (Phi) is 4.49. The van der Waals surface area contributed by atoms with Crippen molar-refractivity contribution in [3.05, 3.63) is 29.3 Å². The molecule has 0 aromatic heterocycles. The van der Waals surface area contributed by atoms with Crippen LogP contribution in [0.15, 0.2) is 18.2 Å². The summed E-state index contributed by atoms with van der Waals surface area (Å²) in [5.41, 5.74) is 2.35. The van der Waals surface area contributed by atoms with E-state index < -0.39 is 0 Å². The van der Waals surface area contributed by atoms with Crippen molar-refractivity contribution in [2.45, 2.75) is 44.8 Å². The normalized spacial score (nSPS) is 27.8. The van der Waals surface area contributed by atoms with E-state index in [1.807, 2.05) is 23.1 Å². The summed E-state index contributed by atoms with van der Waals surface area (Å²) in [7, 11) is 0. The van der Waals surface area contributed by atoms with Gasteiger partial charge in [-0.3, -0.25) is 9.59 Å². The van der Waals surface area contributed by atoms with E-state index in [1.165, 1.54) is 0 Å². The minimum atomic E-state index is -0.350. The van der Waals surface area contributed by atoms with Crippen LogP contribution in [0.25, 0.3) is 0 Å². The van der Waals surface area contributed by atoms with Crippen LogP contribution in [0.4, 0.5) is 5.69 Å². The standard InChI is InChI=1S/C20H26N2O4/c1-3-17-11-21(12-20(26-17)7-9-25-13-20)19(24)16-4-5-18-15(10-16)6-8-22(18)14(2)23/h4-5,10,17H,3,6-9,11-13H2,1-2H3/t17-,20-/m0/s1. The van der Waals surface area contributed by atoms with Gasteiger partial charge in [0.2, 0.25) is 5.91 Å². The van der Waals surface area contributed by atoms with Crippen LogP contribution < -0.4 is 4.90 Å². The summed E-state index contributed by atoms with van der Waals surface area (Å²) in [5.74, 6) is 0.0899. The molecule has 2 atom stereocenters. The maximum absolute atomic E-state index is 13.2. The molecule has 3 aliphatic rings. The zero-order chi connectivity index (χ0) is 18.3. The molecule has 26 heavy (non-hydrogen) atoms. The zero-order valence-corrected chi connectivity index (χ0v) is 15.5. The quantitative estimate of drug-likeness (QED) is 0.811. The van der Waals surface area contributed by atoms with Crippen LogP contribution in [-0.2, 0) is 20.7 Å². The molecule has 0 saturated carbocycles. The highest BCUT2D eigenvalue weighted by atomic mass is 16.6. The molecule has 3 aliphatic heterocycles. The molecule has 6 heteroatoms. The molecule has 1 aromatic carbocycles. The second-order valence-electron chi connectivity index (χ2n) is 7.58. The number of amides is 2. The number of carbonyl (C=O) groups is 2. The molecule has 1 aromatic rings. The van der Waals surface area contributed by atoms with E-state index in [-0.39, 0.29) is 23.5 Å². The number of carbonyl (C=O) groups excluding carboxylic acids is 2. The summed E-state index contributed by atoms with van der Waals surface area (Å²) < 4.78 is 11.8. The van der Waals surface area contributed by atoms with Crippen LogP contribution in [0, 0.1) is 0 Å². The lowest BCUT2D eigenvalue weighted by molar-refractivity contribution is -0.145. The lowest BCUT2D eigenvalue weighted by Gasteiger charge is -2.43. The number of morpholine rings is 1. The largest absolute Gasteiger partial charge is 0.378 e. The Morgan fingerprint density at radius 2 is 2.19 bits per heavy atom. The van der Waals surface area contributed by atoms with Crippen LogP contribution in [-0.4, -0.2) is 61.3 Å². The average Bonchev–Trinajstić information content (AvgIpc) is 3.27. The molecule has 4 rings (SSSR count). The Labute approximate surface area is 154 Å². The third-order valence-electron chi connectivity index (χ3n) is 5.73. The molecule has 1 spiro atoms. The van der Waals surface area contributed by atoms with Crippen molar-refractivity contribution in [1.82, 2.24) is 4.90 Å². The van der Waals surface area contributed by atoms with Gasteiger partial charge >= 0.3 is 0 Å². The molecule has 6 nitrogen and oxygen atoms in total. The second kappa shape index (κ2) is 6.67. The van der Waals surface area contributed by atoms with Crippen LogP contribution in [0.2, 0.25) is 0 Å². The number of hydrogen-bond acceptors (Lipinski definition) is 4. The summed E-state index contributed by atoms with van der Waals surface area (Å²) in [5, 5.41) is 0. The Morgan fingerprint density at radius 3 is 2.88 bits per heavy atom. The van der Waals surface area contributed by atoms with E-state index in [1.54, 1.807) is 11.8 Å². The number of hydrogen-bond donors (Lipinski definition) is 0. The summed E-state index contributed by atoms with van der Waals surface area (Å²) in [6.07, 6.45) is 2.57. The van der Waals surface area contributed by atoms with E-state index in [4.69, 9.17) is 9.47 Å². The molecule has 2 fully saturated rings. The smallest absolute Gasteiger partial charge is 0.254 e. The van der Waals surface area contributed by atoms with Crippen LogP contribution >= 0.6 is 0 Å². The van der Waals surface area contributed by atoms with Crippen molar-refractivity contribution in [3.8, 4) is 0 Å². The Bertz CT molecular complexity index is 727. The molecule has 0 radical (unpaired) electrons. The third-order valence-corrected chi connectivity index (χ3v) is 5.73. The van der Waals surface area contributed by atoms with E-state index in [0.29, 0.717) is 38.4 Å². The van der Waals surface area contributed by atoms with Crippen molar-refractivity contribution >= 4 is 17.5 Å². The molecular weight excluding hydrogens is 332 g/mol. The van der Waals surface area contributed by atoms with Gasteiger partial charge in [-0.15, -0.1) is 0 Å². The van der Waals surface area contributed by atoms with Gasteiger partial charge in [0.1, 0.15) is 5.60 Å². The first-order valence-electron chi connectivity index (χ1n) is 9.47. The SMILES string of the molecule is CC[C@H]1CN(C(=O)c2ccc3c(c2)CCN3C(C)=O)C[C@]2(CCOC2)O1. The highest BCUT2D eigenvalue weighted by Gasteiger charge is 2.44. The first-order valence-corrected chi connectivity index (χ1v) is 9.47. The Morgan fingerprint density at radius 1 is 1.35 bits per heavy atom. The van der Waals surface area contributed by atoms with Gasteiger partial charge in [-0.05, 0) is 36.6 Å². The molecule has 0 unspecified atom stereocenters. The lowest BCUT2D eigenvalue weighted by Crippen LogP contribution is -2.57. The van der Waals surface area contributed by atoms with Crippen molar-refractivity contribution in [2.75, 3.05) is 37.7 Å². The number of anilines is 1. The molecule has 0 bridgehead atoms. The van der Waals surface area contributed by atoms with E-state index in [9.17, 15) is 9.59 Å². The summed E-state index contributed by atoms with van der Waals surface area (Å²) >= 11 is 0. The lowest BCUT2D eigenvalue weighted by atomic mass is 9.97. The third kappa shape index (κ3) is 3.01. The Balaban J connectivity index is 1.56. The number of benzene rings is 1. The number of ether oxygens (including phenoxy) is 2. The number of nitrogens with zero attached hydrogens (tertiary/aromatic N) is 2. The monoisotopic (exact) mass is 358 g/mol. The summed E-state index contributed by atoms with van der Waals surface area (Å²) in [6, 6.07) is 5.70. The fourth-order valence-electron chi connectivity index (χ4n) is 4.30. The van der Waals surface area contributed by atoms with Crippen LogP contribution in [0.5, 0.6) is 0 Å². The zero-order valence-electron chi connectivity index (χ0n) is 15.5. The molecule has 3 heterocycles. The predicted octanol–water partition coefficient (Wildman–Crippen LogP) is 2.01. The number of rotatable bonds is 2. The molecule has 0 aliphatic carbocycles. The van der Waals surface area contributed by atoms with Crippen molar-refractivity contribution in [2.24, 2.45) is 0 Å². The second-order valence-corrected chi connectivity index (χ2v) is 7.58. The fraction of sp³-hybridized carbons (Fsp3) is 0.600. The van der Waals surface area contributed by atoms with Crippen molar-refractivity contribution < 1.29 is 19.1 Å². The van der Waals surface area contributed by atoms with Gasteiger partial charge in [0.05, 0.1) is 19.3 Å². The van der Waals surface area contributed by atoms with Crippen molar-refractivity contribution in [1.29, 1.82) is 0 Å². The molecule has 2 saturated heterocycles. The van der Waals surface area contributed by atoms with Gasteiger partial charge in [-0.1, -0.05) is 6.92 Å². The van der Waals surface area contributed by atoms with E-state index in [2.05, 4.69) is 6.92 Å². The topological polar surface area (TPSA) is 59.1 Å². The van der Waals surface area contributed by atoms with Gasteiger partial charge in [0.25, 0.3) is 5.91 Å². The summed E-state index contributed by atoms with van der Waals surface area (Å²) in [4.78, 5) is 28.6.